The van der Waals surface area contributed by atoms with Gasteiger partial charge in [-0.15, -0.1) is 0 Å². The van der Waals surface area contributed by atoms with Crippen molar-refractivity contribution >= 4 is 10.9 Å². The van der Waals surface area contributed by atoms with Crippen LogP contribution in [0.1, 0.15) is 11.1 Å². The Morgan fingerprint density at radius 1 is 1.33 bits per heavy atom. The van der Waals surface area contributed by atoms with Crippen molar-refractivity contribution in [1.29, 1.82) is 0 Å². The van der Waals surface area contributed by atoms with E-state index >= 15 is 0 Å². The molecule has 0 atom stereocenters. The van der Waals surface area contributed by atoms with Crippen molar-refractivity contribution in [3.63, 3.8) is 0 Å². The van der Waals surface area contributed by atoms with Crippen molar-refractivity contribution in [1.82, 2.24) is 4.98 Å². The van der Waals surface area contributed by atoms with E-state index < -0.39 is 0 Å². The highest BCUT2D eigenvalue weighted by molar-refractivity contribution is 5.87. The monoisotopic (exact) mass is 202 g/mol. The van der Waals surface area contributed by atoms with Gasteiger partial charge in [-0.1, -0.05) is 0 Å². The fourth-order valence-corrected chi connectivity index (χ4v) is 1.87. The average molecular weight is 202 g/mol. The second-order valence-electron chi connectivity index (χ2n) is 3.47. The molecule has 0 bridgehead atoms. The molecule has 0 radical (unpaired) electrons. The molecule has 0 unspecified atom stereocenters. The molecule has 2 aromatic rings. The van der Waals surface area contributed by atoms with E-state index in [-0.39, 0.29) is 0 Å². The molecule has 0 saturated heterocycles. The molecule has 2 rings (SSSR count). The zero-order valence-electron chi connectivity index (χ0n) is 8.95. The third kappa shape index (κ3) is 1.55. The molecule has 0 aliphatic heterocycles. The van der Waals surface area contributed by atoms with Crippen LogP contribution in [0.25, 0.3) is 10.9 Å². The maximum atomic E-state index is 5.75. The Balaban J connectivity index is 2.85. The van der Waals surface area contributed by atoms with E-state index in [4.69, 9.17) is 10.5 Å². The highest BCUT2D eigenvalue weighted by atomic mass is 16.5. The topological polar surface area (TPSA) is 48.1 Å². The predicted octanol–water partition coefficient (Wildman–Crippen LogP) is 2.01. The van der Waals surface area contributed by atoms with Gasteiger partial charge < -0.3 is 10.5 Å². The summed E-state index contributed by atoms with van der Waals surface area (Å²) in [6.07, 6.45) is 1.81. The van der Waals surface area contributed by atoms with Gasteiger partial charge in [-0.2, -0.15) is 0 Å². The summed E-state index contributed by atoms with van der Waals surface area (Å²) >= 11 is 0. The van der Waals surface area contributed by atoms with Gasteiger partial charge in [0.05, 0.1) is 12.6 Å². The molecule has 15 heavy (non-hydrogen) atoms. The van der Waals surface area contributed by atoms with Crippen LogP contribution in [-0.2, 0) is 6.54 Å². The van der Waals surface area contributed by atoms with E-state index in [1.165, 1.54) is 5.56 Å². The largest absolute Gasteiger partial charge is 0.496 e. The molecule has 0 aliphatic carbocycles. The van der Waals surface area contributed by atoms with Gasteiger partial charge in [0.1, 0.15) is 5.75 Å². The molecule has 0 aliphatic rings. The molecule has 3 nitrogen and oxygen atoms in total. The van der Waals surface area contributed by atoms with Crippen LogP contribution in [-0.4, -0.2) is 12.1 Å². The summed E-state index contributed by atoms with van der Waals surface area (Å²) in [7, 11) is 1.66. The zero-order chi connectivity index (χ0) is 10.8. The Bertz CT molecular complexity index is 494. The minimum absolute atomic E-state index is 0.465. The standard InChI is InChI=1S/C12H14N2O/c1-8-5-6-14-10-3-4-11(15-2)9(7-13)12(8)10/h3-6H,7,13H2,1-2H3. The van der Waals surface area contributed by atoms with Gasteiger partial charge in [-0.25, -0.2) is 0 Å². The molecule has 3 heteroatoms. The Hall–Kier alpha value is -1.61. The lowest BCUT2D eigenvalue weighted by molar-refractivity contribution is 0.410. The number of nitrogens with two attached hydrogens (primary N) is 1. The number of benzene rings is 1. The summed E-state index contributed by atoms with van der Waals surface area (Å²) in [5, 5.41) is 1.11. The maximum absolute atomic E-state index is 5.75. The number of fused-ring (bicyclic) bond motifs is 1. The van der Waals surface area contributed by atoms with Crippen LogP contribution in [0.5, 0.6) is 5.75 Å². The van der Waals surface area contributed by atoms with E-state index in [1.54, 1.807) is 7.11 Å². The quantitative estimate of drug-likeness (QED) is 0.810. The third-order valence-electron chi connectivity index (χ3n) is 2.60. The van der Waals surface area contributed by atoms with Gasteiger partial charge in [-0.3, -0.25) is 4.98 Å². The molecule has 1 aromatic carbocycles. The van der Waals surface area contributed by atoms with Gasteiger partial charge in [0.2, 0.25) is 0 Å². The predicted molar refractivity (Wildman–Crippen MR) is 60.9 cm³/mol. The number of aryl methyl sites for hydroxylation is 1. The number of ether oxygens (including phenoxy) is 1. The number of hydrogen-bond acceptors (Lipinski definition) is 3. The Morgan fingerprint density at radius 2 is 2.13 bits per heavy atom. The van der Waals surface area contributed by atoms with Crippen molar-refractivity contribution in [2.75, 3.05) is 7.11 Å². The van der Waals surface area contributed by atoms with Gasteiger partial charge in [0, 0.05) is 23.7 Å². The second-order valence-corrected chi connectivity index (χ2v) is 3.47. The third-order valence-corrected chi connectivity index (χ3v) is 2.60. The Morgan fingerprint density at radius 3 is 2.80 bits per heavy atom. The van der Waals surface area contributed by atoms with Crippen molar-refractivity contribution < 1.29 is 4.74 Å². The minimum atomic E-state index is 0.465. The second kappa shape index (κ2) is 3.87. The van der Waals surface area contributed by atoms with Crippen molar-refractivity contribution in [2.24, 2.45) is 5.73 Å². The first-order chi connectivity index (χ1) is 7.27. The lowest BCUT2D eigenvalue weighted by Crippen LogP contribution is -2.02. The SMILES string of the molecule is COc1ccc2nccc(C)c2c1CN. The smallest absolute Gasteiger partial charge is 0.124 e. The lowest BCUT2D eigenvalue weighted by atomic mass is 10.0. The first-order valence-electron chi connectivity index (χ1n) is 4.89. The van der Waals surface area contributed by atoms with Crippen molar-refractivity contribution in [3.8, 4) is 5.75 Å². The van der Waals surface area contributed by atoms with E-state index in [0.717, 1.165) is 22.2 Å². The average Bonchev–Trinajstić information content (AvgIpc) is 2.28. The summed E-state index contributed by atoms with van der Waals surface area (Å²) in [6, 6.07) is 5.86. The maximum Gasteiger partial charge on any atom is 0.124 e. The van der Waals surface area contributed by atoms with Gasteiger partial charge in [0.25, 0.3) is 0 Å². The summed E-state index contributed by atoms with van der Waals surface area (Å²) in [5.41, 5.74) is 8.93. The highest BCUT2D eigenvalue weighted by Gasteiger charge is 2.08. The first kappa shape index (κ1) is 9.93. The lowest BCUT2D eigenvalue weighted by Gasteiger charge is -2.11. The summed E-state index contributed by atoms with van der Waals surface area (Å²) < 4.78 is 5.29. The molecule has 0 saturated carbocycles. The minimum Gasteiger partial charge on any atom is -0.496 e. The number of pyridine rings is 1. The van der Waals surface area contributed by atoms with Crippen LogP contribution in [0, 0.1) is 6.92 Å². The summed E-state index contributed by atoms with van der Waals surface area (Å²) in [4.78, 5) is 4.31. The van der Waals surface area contributed by atoms with Gasteiger partial charge in [0.15, 0.2) is 0 Å². The normalized spacial score (nSPS) is 10.6. The van der Waals surface area contributed by atoms with Crippen LogP contribution < -0.4 is 10.5 Å². The number of rotatable bonds is 2. The van der Waals surface area contributed by atoms with E-state index in [9.17, 15) is 0 Å². The molecular weight excluding hydrogens is 188 g/mol. The number of aromatic nitrogens is 1. The summed E-state index contributed by atoms with van der Waals surface area (Å²) in [5.74, 6) is 0.834. The van der Waals surface area contributed by atoms with Gasteiger partial charge >= 0.3 is 0 Å². The molecular formula is C12H14N2O. The van der Waals surface area contributed by atoms with E-state index in [0.29, 0.717) is 6.54 Å². The number of nitrogens with zero attached hydrogens (tertiary/aromatic N) is 1. The van der Waals surface area contributed by atoms with Crippen LogP contribution in [0.4, 0.5) is 0 Å². The molecule has 1 aromatic heterocycles. The van der Waals surface area contributed by atoms with Crippen LogP contribution in [0.2, 0.25) is 0 Å². The van der Waals surface area contributed by atoms with Crippen LogP contribution >= 0.6 is 0 Å². The molecule has 78 valence electrons. The van der Waals surface area contributed by atoms with Crippen molar-refractivity contribution in [3.05, 3.63) is 35.5 Å². The molecule has 0 spiro atoms. The molecule has 0 amide bonds. The van der Waals surface area contributed by atoms with Crippen LogP contribution in [0.15, 0.2) is 24.4 Å². The van der Waals surface area contributed by atoms with Crippen LogP contribution in [0.3, 0.4) is 0 Å². The fraction of sp³-hybridized carbons (Fsp3) is 0.250. The van der Waals surface area contributed by atoms with E-state index in [1.807, 2.05) is 24.4 Å². The molecule has 2 N–H and O–H groups in total. The highest BCUT2D eigenvalue weighted by Crippen LogP contribution is 2.28. The molecule has 1 heterocycles. The fourth-order valence-electron chi connectivity index (χ4n) is 1.87. The Labute approximate surface area is 88.9 Å². The molecule has 0 fully saturated rings. The van der Waals surface area contributed by atoms with Gasteiger partial charge in [-0.05, 0) is 30.7 Å². The number of hydrogen-bond donors (Lipinski definition) is 1. The summed E-state index contributed by atoms with van der Waals surface area (Å²) in [6.45, 7) is 2.52. The number of methoxy groups -OCH3 is 1. The zero-order valence-corrected chi connectivity index (χ0v) is 8.95. The van der Waals surface area contributed by atoms with Crippen molar-refractivity contribution in [2.45, 2.75) is 13.5 Å². The Kier molecular flexibility index (Phi) is 2.56. The first-order valence-corrected chi connectivity index (χ1v) is 4.89. The van der Waals surface area contributed by atoms with E-state index in [2.05, 4.69) is 11.9 Å².